The van der Waals surface area contributed by atoms with Gasteiger partial charge in [-0.1, -0.05) is 19.3 Å². The molecule has 1 aliphatic rings. The monoisotopic (exact) mass is 198 g/mol. The SMILES string of the molecule is CC(C)NC(C)(CC1CCC1)C(N)=O. The van der Waals surface area contributed by atoms with Crippen LogP contribution in [0.15, 0.2) is 0 Å². The molecule has 0 saturated heterocycles. The van der Waals surface area contributed by atoms with Crippen molar-refractivity contribution in [3.8, 4) is 0 Å². The zero-order valence-corrected chi connectivity index (χ0v) is 9.47. The van der Waals surface area contributed by atoms with Gasteiger partial charge in [0.2, 0.25) is 5.91 Å². The molecule has 1 rings (SSSR count). The predicted molar refractivity (Wildman–Crippen MR) is 57.8 cm³/mol. The standard InChI is InChI=1S/C11H22N2O/c1-8(2)13-11(3,10(12)14)7-9-5-4-6-9/h8-9,13H,4-7H2,1-3H3,(H2,12,14). The molecule has 3 nitrogen and oxygen atoms in total. The minimum atomic E-state index is -0.515. The molecular weight excluding hydrogens is 176 g/mol. The first kappa shape index (κ1) is 11.5. The minimum Gasteiger partial charge on any atom is -0.368 e. The highest BCUT2D eigenvalue weighted by Crippen LogP contribution is 2.33. The summed E-state index contributed by atoms with van der Waals surface area (Å²) in [6.45, 7) is 6.01. The van der Waals surface area contributed by atoms with Gasteiger partial charge in [0, 0.05) is 6.04 Å². The molecule has 3 heteroatoms. The maximum atomic E-state index is 11.4. The first-order chi connectivity index (χ1) is 6.44. The van der Waals surface area contributed by atoms with E-state index in [1.165, 1.54) is 19.3 Å². The van der Waals surface area contributed by atoms with Gasteiger partial charge in [-0.25, -0.2) is 0 Å². The number of amides is 1. The van der Waals surface area contributed by atoms with E-state index in [1.54, 1.807) is 0 Å². The zero-order valence-electron chi connectivity index (χ0n) is 9.47. The topological polar surface area (TPSA) is 55.1 Å². The van der Waals surface area contributed by atoms with E-state index >= 15 is 0 Å². The van der Waals surface area contributed by atoms with Crippen molar-refractivity contribution >= 4 is 5.91 Å². The van der Waals surface area contributed by atoms with E-state index in [2.05, 4.69) is 5.32 Å². The number of hydrogen-bond donors (Lipinski definition) is 2. The Morgan fingerprint density at radius 1 is 1.57 bits per heavy atom. The highest BCUT2D eigenvalue weighted by molar-refractivity contribution is 5.84. The van der Waals surface area contributed by atoms with Gasteiger partial charge in [0.25, 0.3) is 0 Å². The highest BCUT2D eigenvalue weighted by Gasteiger charge is 2.35. The van der Waals surface area contributed by atoms with Crippen molar-refractivity contribution < 1.29 is 4.79 Å². The molecule has 1 fully saturated rings. The van der Waals surface area contributed by atoms with Gasteiger partial charge in [-0.15, -0.1) is 0 Å². The second-order valence-electron chi connectivity index (χ2n) is 5.00. The van der Waals surface area contributed by atoms with E-state index in [1.807, 2.05) is 20.8 Å². The van der Waals surface area contributed by atoms with Crippen LogP contribution in [0.3, 0.4) is 0 Å². The van der Waals surface area contributed by atoms with Crippen molar-refractivity contribution in [3.05, 3.63) is 0 Å². The van der Waals surface area contributed by atoms with Crippen molar-refractivity contribution in [1.82, 2.24) is 5.32 Å². The lowest BCUT2D eigenvalue weighted by Crippen LogP contribution is -2.56. The largest absolute Gasteiger partial charge is 0.368 e. The molecule has 0 aromatic carbocycles. The van der Waals surface area contributed by atoms with E-state index in [0.717, 1.165) is 6.42 Å². The normalized spacial score (nSPS) is 21.7. The number of nitrogens with two attached hydrogens (primary N) is 1. The van der Waals surface area contributed by atoms with Crippen LogP contribution >= 0.6 is 0 Å². The van der Waals surface area contributed by atoms with Gasteiger partial charge in [0.1, 0.15) is 0 Å². The number of rotatable bonds is 5. The molecule has 1 amide bonds. The molecular formula is C11H22N2O. The van der Waals surface area contributed by atoms with Crippen molar-refractivity contribution in [2.75, 3.05) is 0 Å². The summed E-state index contributed by atoms with van der Waals surface area (Å²) in [4.78, 5) is 11.4. The summed E-state index contributed by atoms with van der Waals surface area (Å²) in [6, 6.07) is 0.299. The third-order valence-corrected chi connectivity index (χ3v) is 3.07. The third kappa shape index (κ3) is 2.71. The summed E-state index contributed by atoms with van der Waals surface area (Å²) in [5.74, 6) is 0.469. The van der Waals surface area contributed by atoms with Crippen molar-refractivity contribution in [1.29, 1.82) is 0 Å². The number of carbonyl (C=O) groups is 1. The zero-order chi connectivity index (χ0) is 10.8. The molecule has 0 heterocycles. The summed E-state index contributed by atoms with van der Waals surface area (Å²) in [6.07, 6.45) is 4.70. The van der Waals surface area contributed by atoms with E-state index < -0.39 is 5.54 Å². The Balaban J connectivity index is 2.55. The van der Waals surface area contributed by atoms with Gasteiger partial charge in [-0.2, -0.15) is 0 Å². The fourth-order valence-electron chi connectivity index (χ4n) is 2.14. The highest BCUT2D eigenvalue weighted by atomic mass is 16.1. The molecule has 0 spiro atoms. The molecule has 3 N–H and O–H groups in total. The van der Waals surface area contributed by atoms with Crippen LogP contribution in [0.25, 0.3) is 0 Å². The van der Waals surface area contributed by atoms with E-state index in [4.69, 9.17) is 5.73 Å². The quantitative estimate of drug-likeness (QED) is 0.702. The molecule has 0 aromatic heterocycles. The van der Waals surface area contributed by atoms with Gasteiger partial charge < -0.3 is 11.1 Å². The third-order valence-electron chi connectivity index (χ3n) is 3.07. The molecule has 14 heavy (non-hydrogen) atoms. The summed E-state index contributed by atoms with van der Waals surface area (Å²) < 4.78 is 0. The maximum Gasteiger partial charge on any atom is 0.237 e. The van der Waals surface area contributed by atoms with Crippen LogP contribution in [0.5, 0.6) is 0 Å². The molecule has 82 valence electrons. The summed E-state index contributed by atoms with van der Waals surface area (Å²) in [7, 11) is 0. The lowest BCUT2D eigenvalue weighted by molar-refractivity contribution is -0.125. The molecule has 1 saturated carbocycles. The van der Waals surface area contributed by atoms with Crippen LogP contribution in [0, 0.1) is 5.92 Å². The van der Waals surface area contributed by atoms with E-state index in [9.17, 15) is 4.79 Å². The molecule has 0 bridgehead atoms. The Labute approximate surface area is 86.4 Å². The summed E-state index contributed by atoms with van der Waals surface area (Å²) >= 11 is 0. The van der Waals surface area contributed by atoms with Crippen LogP contribution < -0.4 is 11.1 Å². The molecule has 1 aliphatic carbocycles. The second kappa shape index (κ2) is 4.30. The number of hydrogen-bond acceptors (Lipinski definition) is 2. The van der Waals surface area contributed by atoms with E-state index in [0.29, 0.717) is 12.0 Å². The van der Waals surface area contributed by atoms with Crippen LogP contribution in [0.4, 0.5) is 0 Å². The van der Waals surface area contributed by atoms with Crippen molar-refractivity contribution in [2.24, 2.45) is 11.7 Å². The molecule has 0 aliphatic heterocycles. The number of primary amides is 1. The number of carbonyl (C=O) groups excluding carboxylic acids is 1. The number of nitrogens with one attached hydrogen (secondary N) is 1. The Bertz CT molecular complexity index is 211. The Morgan fingerprint density at radius 2 is 2.14 bits per heavy atom. The lowest BCUT2D eigenvalue weighted by atomic mass is 9.76. The smallest absolute Gasteiger partial charge is 0.237 e. The average molecular weight is 198 g/mol. The Morgan fingerprint density at radius 3 is 2.43 bits per heavy atom. The first-order valence-corrected chi connectivity index (χ1v) is 5.51. The molecule has 0 aromatic rings. The lowest BCUT2D eigenvalue weighted by Gasteiger charge is -2.36. The molecule has 1 atom stereocenters. The van der Waals surface area contributed by atoms with Crippen molar-refractivity contribution in [3.63, 3.8) is 0 Å². The molecule has 1 unspecified atom stereocenters. The average Bonchev–Trinajstić information content (AvgIpc) is 1.95. The summed E-state index contributed by atoms with van der Waals surface area (Å²) in [5.41, 5.74) is 4.93. The van der Waals surface area contributed by atoms with E-state index in [-0.39, 0.29) is 5.91 Å². The van der Waals surface area contributed by atoms with Crippen LogP contribution in [-0.2, 0) is 4.79 Å². The van der Waals surface area contributed by atoms with Crippen molar-refractivity contribution in [2.45, 2.75) is 58.0 Å². The van der Waals surface area contributed by atoms with Crippen LogP contribution in [-0.4, -0.2) is 17.5 Å². The van der Waals surface area contributed by atoms with Gasteiger partial charge in [0.05, 0.1) is 5.54 Å². The Kier molecular flexibility index (Phi) is 3.53. The first-order valence-electron chi connectivity index (χ1n) is 5.51. The fraction of sp³-hybridized carbons (Fsp3) is 0.909. The van der Waals surface area contributed by atoms with Crippen LogP contribution in [0.1, 0.15) is 46.5 Å². The second-order valence-corrected chi connectivity index (χ2v) is 5.00. The van der Waals surface area contributed by atoms with Gasteiger partial charge in [-0.3, -0.25) is 4.79 Å². The van der Waals surface area contributed by atoms with Gasteiger partial charge in [0.15, 0.2) is 0 Å². The predicted octanol–water partition coefficient (Wildman–Crippen LogP) is 1.42. The van der Waals surface area contributed by atoms with Crippen LogP contribution in [0.2, 0.25) is 0 Å². The maximum absolute atomic E-state index is 11.4. The van der Waals surface area contributed by atoms with Gasteiger partial charge in [-0.05, 0) is 33.1 Å². The Hall–Kier alpha value is -0.570. The molecule has 0 radical (unpaired) electrons. The summed E-state index contributed by atoms with van der Waals surface area (Å²) in [5, 5.41) is 3.28. The fourth-order valence-corrected chi connectivity index (χ4v) is 2.14. The minimum absolute atomic E-state index is 0.224. The van der Waals surface area contributed by atoms with Gasteiger partial charge >= 0.3 is 0 Å².